The summed E-state index contributed by atoms with van der Waals surface area (Å²) in [6.07, 6.45) is 5.85. The van der Waals surface area contributed by atoms with Crippen molar-refractivity contribution >= 4 is 0 Å². The van der Waals surface area contributed by atoms with E-state index in [2.05, 4.69) is 13.8 Å². The van der Waals surface area contributed by atoms with Crippen LogP contribution in [0, 0.1) is 11.8 Å². The lowest BCUT2D eigenvalue weighted by molar-refractivity contribution is 0.464. The highest BCUT2D eigenvalue weighted by Crippen LogP contribution is 2.38. The molecule has 1 fully saturated rings. The summed E-state index contributed by atoms with van der Waals surface area (Å²) in [6.45, 7) is 4.67. The van der Waals surface area contributed by atoms with Crippen molar-refractivity contribution in [2.45, 2.75) is 39.5 Å². The van der Waals surface area contributed by atoms with Crippen LogP contribution in [-0.2, 0) is 0 Å². The molecule has 1 atom stereocenters. The molecular formula is C8H16. The largest absolute Gasteiger partial charge is 0.0654 e. The molecule has 0 aromatic rings. The van der Waals surface area contributed by atoms with Gasteiger partial charge in [-0.1, -0.05) is 26.7 Å². The van der Waals surface area contributed by atoms with Gasteiger partial charge in [0.25, 0.3) is 0 Å². The minimum Gasteiger partial charge on any atom is -0.0654 e. The van der Waals surface area contributed by atoms with E-state index < -0.39 is 0 Å². The fraction of sp³-hybridized carbons (Fsp3) is 1.00. The van der Waals surface area contributed by atoms with Crippen LogP contribution >= 0.6 is 0 Å². The minimum absolute atomic E-state index is 1.03. The molecule has 0 saturated heterocycles. The molecule has 0 amide bonds. The zero-order valence-corrected chi connectivity index (χ0v) is 5.98. The van der Waals surface area contributed by atoms with E-state index in [0.29, 0.717) is 0 Å². The molecule has 0 spiro atoms. The summed E-state index contributed by atoms with van der Waals surface area (Å²) in [5, 5.41) is 0. The Morgan fingerprint density at radius 3 is 2.50 bits per heavy atom. The highest BCUT2D eigenvalue weighted by molar-refractivity contribution is 4.77. The molecule has 8 heavy (non-hydrogen) atoms. The normalized spacial score (nSPS) is 23.2. The van der Waals surface area contributed by atoms with Gasteiger partial charge in [-0.25, -0.2) is 0 Å². The van der Waals surface area contributed by atoms with Crippen LogP contribution in [0.1, 0.15) is 39.5 Å². The van der Waals surface area contributed by atoms with Gasteiger partial charge in [0.1, 0.15) is 0 Å². The van der Waals surface area contributed by atoms with Gasteiger partial charge in [0.2, 0.25) is 0 Å². The maximum atomic E-state index is 2.39. The summed E-state index contributed by atoms with van der Waals surface area (Å²) < 4.78 is 0. The smallest absolute Gasteiger partial charge is 0.0388 e. The second-order valence-electron chi connectivity index (χ2n) is 3.10. The second-order valence-corrected chi connectivity index (χ2v) is 3.10. The van der Waals surface area contributed by atoms with Gasteiger partial charge >= 0.3 is 0 Å². The topological polar surface area (TPSA) is 0 Å². The minimum atomic E-state index is 1.03. The molecule has 0 aromatic heterocycles. The lowest BCUT2D eigenvalue weighted by atomic mass is 10.0. The van der Waals surface area contributed by atoms with Gasteiger partial charge < -0.3 is 0 Å². The van der Waals surface area contributed by atoms with Gasteiger partial charge in [-0.15, -0.1) is 0 Å². The van der Waals surface area contributed by atoms with E-state index in [4.69, 9.17) is 0 Å². The van der Waals surface area contributed by atoms with E-state index in [9.17, 15) is 0 Å². The van der Waals surface area contributed by atoms with Gasteiger partial charge in [0.15, 0.2) is 0 Å². The molecule has 0 aromatic carbocycles. The van der Waals surface area contributed by atoms with E-state index in [1.165, 1.54) is 25.7 Å². The Balaban J connectivity index is 2.03. The second kappa shape index (κ2) is 2.52. The van der Waals surface area contributed by atoms with Crippen LogP contribution in [0.2, 0.25) is 0 Å². The van der Waals surface area contributed by atoms with Crippen molar-refractivity contribution in [3.8, 4) is 0 Å². The molecule has 0 unspecified atom stereocenters. The van der Waals surface area contributed by atoms with Crippen LogP contribution in [0.4, 0.5) is 0 Å². The van der Waals surface area contributed by atoms with Gasteiger partial charge in [0.05, 0.1) is 0 Å². The Kier molecular flexibility index (Phi) is 1.93. The quantitative estimate of drug-likeness (QED) is 0.526. The van der Waals surface area contributed by atoms with Crippen molar-refractivity contribution in [2.75, 3.05) is 0 Å². The molecule has 48 valence electrons. The van der Waals surface area contributed by atoms with Gasteiger partial charge in [-0.3, -0.25) is 0 Å². The maximum absolute atomic E-state index is 2.39. The number of hydrogen-bond donors (Lipinski definition) is 0. The molecule has 0 heteroatoms. The van der Waals surface area contributed by atoms with Gasteiger partial charge in [0, 0.05) is 0 Å². The zero-order chi connectivity index (χ0) is 5.98. The van der Waals surface area contributed by atoms with Crippen LogP contribution in [0.5, 0.6) is 0 Å². The van der Waals surface area contributed by atoms with Crippen LogP contribution in [0.25, 0.3) is 0 Å². The van der Waals surface area contributed by atoms with Crippen LogP contribution in [0.3, 0.4) is 0 Å². The Labute approximate surface area is 52.3 Å². The van der Waals surface area contributed by atoms with Crippen LogP contribution in [-0.4, -0.2) is 0 Å². The highest BCUT2D eigenvalue weighted by Gasteiger charge is 2.26. The average molecular weight is 112 g/mol. The van der Waals surface area contributed by atoms with Crippen LogP contribution < -0.4 is 0 Å². The molecule has 1 rings (SSSR count). The fourth-order valence-electron chi connectivity index (χ4n) is 1.36. The van der Waals surface area contributed by atoms with Crippen molar-refractivity contribution < 1.29 is 0 Å². The van der Waals surface area contributed by atoms with E-state index >= 15 is 0 Å². The van der Waals surface area contributed by atoms with Gasteiger partial charge in [-0.05, 0) is 24.7 Å². The lowest BCUT2D eigenvalue weighted by Gasteiger charge is -2.05. The van der Waals surface area contributed by atoms with E-state index in [1.54, 1.807) is 0 Å². The summed E-state index contributed by atoms with van der Waals surface area (Å²) in [5.41, 5.74) is 0. The Bertz CT molecular complexity index is 62.4. The maximum Gasteiger partial charge on any atom is -0.0388 e. The SMILES string of the molecule is CCC[C@H](C)C1CC1. The molecule has 0 aliphatic heterocycles. The van der Waals surface area contributed by atoms with Crippen molar-refractivity contribution in [3.63, 3.8) is 0 Å². The van der Waals surface area contributed by atoms with Crippen molar-refractivity contribution in [1.82, 2.24) is 0 Å². The number of hydrogen-bond acceptors (Lipinski definition) is 0. The fourth-order valence-corrected chi connectivity index (χ4v) is 1.36. The summed E-state index contributed by atoms with van der Waals surface area (Å²) >= 11 is 0. The molecule has 0 nitrogen and oxygen atoms in total. The van der Waals surface area contributed by atoms with E-state index in [1.807, 2.05) is 0 Å². The third-order valence-corrected chi connectivity index (χ3v) is 2.17. The number of rotatable bonds is 3. The van der Waals surface area contributed by atoms with Crippen molar-refractivity contribution in [1.29, 1.82) is 0 Å². The summed E-state index contributed by atoms with van der Waals surface area (Å²) in [4.78, 5) is 0. The summed E-state index contributed by atoms with van der Waals surface area (Å²) in [5.74, 6) is 2.15. The first-order valence-corrected chi connectivity index (χ1v) is 3.84. The lowest BCUT2D eigenvalue weighted by Crippen LogP contribution is -1.94. The summed E-state index contributed by atoms with van der Waals surface area (Å²) in [7, 11) is 0. The Hall–Kier alpha value is 0. The molecule has 1 aliphatic rings. The Morgan fingerprint density at radius 1 is 1.50 bits per heavy atom. The zero-order valence-electron chi connectivity index (χ0n) is 5.98. The first kappa shape index (κ1) is 6.12. The molecular weight excluding hydrogens is 96.1 g/mol. The predicted molar refractivity (Wildman–Crippen MR) is 36.8 cm³/mol. The van der Waals surface area contributed by atoms with Crippen molar-refractivity contribution in [2.24, 2.45) is 11.8 Å². The monoisotopic (exact) mass is 112 g/mol. The highest BCUT2D eigenvalue weighted by atomic mass is 14.3. The molecule has 1 aliphatic carbocycles. The third kappa shape index (κ3) is 1.50. The third-order valence-electron chi connectivity index (χ3n) is 2.17. The predicted octanol–water partition coefficient (Wildman–Crippen LogP) is 2.83. The van der Waals surface area contributed by atoms with E-state index in [-0.39, 0.29) is 0 Å². The average Bonchev–Trinajstić information content (AvgIpc) is 2.45. The standard InChI is InChI=1S/C8H16/c1-3-4-7(2)8-5-6-8/h7-8H,3-6H2,1-2H3/t7-/m0/s1. The molecule has 0 heterocycles. The first-order valence-electron chi connectivity index (χ1n) is 3.84. The molecule has 1 saturated carbocycles. The van der Waals surface area contributed by atoms with E-state index in [0.717, 1.165) is 11.8 Å². The Morgan fingerprint density at radius 2 is 2.12 bits per heavy atom. The van der Waals surface area contributed by atoms with Crippen molar-refractivity contribution in [3.05, 3.63) is 0 Å². The van der Waals surface area contributed by atoms with Crippen LogP contribution in [0.15, 0.2) is 0 Å². The summed E-state index contributed by atoms with van der Waals surface area (Å²) in [6, 6.07) is 0. The molecule has 0 N–H and O–H groups in total. The van der Waals surface area contributed by atoms with Gasteiger partial charge in [-0.2, -0.15) is 0 Å². The first-order chi connectivity index (χ1) is 3.84. The molecule has 0 radical (unpaired) electrons. The molecule has 0 bridgehead atoms.